The van der Waals surface area contributed by atoms with Crippen LogP contribution in [0.2, 0.25) is 0 Å². The molecular formula is C24H22FN5O3. The molecule has 0 aliphatic carbocycles. The third-order valence-corrected chi connectivity index (χ3v) is 6.62. The highest BCUT2D eigenvalue weighted by Gasteiger charge is 2.29. The summed E-state index contributed by atoms with van der Waals surface area (Å²) in [7, 11) is 0. The van der Waals surface area contributed by atoms with Crippen LogP contribution in [0.4, 0.5) is 10.2 Å². The number of benzene rings is 1. The molecule has 0 saturated carbocycles. The zero-order chi connectivity index (χ0) is 22.7. The van der Waals surface area contributed by atoms with Crippen LogP contribution >= 0.6 is 0 Å². The number of rotatable bonds is 2. The largest absolute Gasteiger partial charge is 0.381 e. The Kier molecular flexibility index (Phi) is 4.55. The fraction of sp³-hybridized carbons (Fsp3) is 0.333. The van der Waals surface area contributed by atoms with Crippen LogP contribution < -0.4 is 10.5 Å². The van der Waals surface area contributed by atoms with Crippen molar-refractivity contribution < 1.29 is 13.9 Å². The first-order valence-electron chi connectivity index (χ1n) is 11.1. The number of amides is 1. The minimum Gasteiger partial charge on any atom is -0.381 e. The molecule has 168 valence electrons. The highest BCUT2D eigenvalue weighted by atomic mass is 19.1. The Bertz CT molecular complexity index is 1490. The zero-order valence-corrected chi connectivity index (χ0v) is 18.1. The van der Waals surface area contributed by atoms with E-state index in [1.54, 1.807) is 17.2 Å². The van der Waals surface area contributed by atoms with Crippen molar-refractivity contribution in [2.75, 3.05) is 24.7 Å². The minimum absolute atomic E-state index is 0.112. The number of hydrogen-bond acceptors (Lipinski definition) is 5. The fourth-order valence-corrected chi connectivity index (χ4v) is 4.99. The normalized spacial score (nSPS) is 18.2. The van der Waals surface area contributed by atoms with Gasteiger partial charge in [0.15, 0.2) is 0 Å². The Labute approximate surface area is 188 Å². The van der Waals surface area contributed by atoms with E-state index < -0.39 is 5.82 Å². The van der Waals surface area contributed by atoms with Crippen LogP contribution in [0.25, 0.3) is 16.6 Å². The number of aromatic nitrogens is 4. The first-order chi connectivity index (χ1) is 16.0. The molecule has 4 aromatic rings. The van der Waals surface area contributed by atoms with Gasteiger partial charge in [0.2, 0.25) is 0 Å². The second-order valence-corrected chi connectivity index (χ2v) is 8.73. The summed E-state index contributed by atoms with van der Waals surface area (Å²) in [6.07, 6.45) is 5.18. The maximum absolute atomic E-state index is 13.5. The van der Waals surface area contributed by atoms with E-state index in [0.29, 0.717) is 42.0 Å². The number of carbonyl (C=O) groups is 1. The van der Waals surface area contributed by atoms with E-state index in [0.717, 1.165) is 48.1 Å². The number of nitrogens with zero attached hydrogens (tertiary/aromatic N) is 4. The second kappa shape index (κ2) is 7.48. The van der Waals surface area contributed by atoms with Gasteiger partial charge in [-0.1, -0.05) is 0 Å². The molecular weight excluding hydrogens is 425 g/mol. The fourth-order valence-electron chi connectivity index (χ4n) is 4.99. The molecule has 0 bridgehead atoms. The molecule has 2 aliphatic rings. The van der Waals surface area contributed by atoms with Crippen LogP contribution in [-0.2, 0) is 11.2 Å². The van der Waals surface area contributed by atoms with Crippen molar-refractivity contribution in [3.05, 3.63) is 69.3 Å². The van der Waals surface area contributed by atoms with Crippen LogP contribution in [0.5, 0.6) is 0 Å². The third-order valence-electron chi connectivity index (χ3n) is 6.62. The molecule has 1 aromatic carbocycles. The van der Waals surface area contributed by atoms with E-state index in [-0.39, 0.29) is 17.4 Å². The van der Waals surface area contributed by atoms with Crippen LogP contribution in [0.1, 0.15) is 46.1 Å². The minimum atomic E-state index is -0.411. The van der Waals surface area contributed by atoms with Gasteiger partial charge in [0.1, 0.15) is 23.0 Å². The Hall–Kier alpha value is -3.59. The predicted octanol–water partition coefficient (Wildman–Crippen LogP) is 3.12. The molecule has 3 aromatic heterocycles. The van der Waals surface area contributed by atoms with Crippen molar-refractivity contribution >= 4 is 28.3 Å². The number of hydrogen-bond donors (Lipinski definition) is 1. The molecule has 1 atom stereocenters. The number of nitrogens with one attached hydrogen (secondary N) is 1. The van der Waals surface area contributed by atoms with Crippen molar-refractivity contribution in [3.63, 3.8) is 0 Å². The lowest BCUT2D eigenvalue weighted by atomic mass is 10.0. The molecule has 5 heterocycles. The SMILES string of the molecule is Cc1cc2c(cc1C(=O)N1CCc3cc(F)cnc31)[nH]c(=O)c1cnc(C3CCCOC3)n12. The predicted molar refractivity (Wildman–Crippen MR) is 120 cm³/mol. The van der Waals surface area contributed by atoms with Gasteiger partial charge in [0, 0.05) is 24.6 Å². The number of aromatic amines is 1. The molecule has 1 unspecified atom stereocenters. The molecule has 1 saturated heterocycles. The summed E-state index contributed by atoms with van der Waals surface area (Å²) in [5.41, 5.74) is 3.53. The molecule has 0 spiro atoms. The van der Waals surface area contributed by atoms with E-state index in [1.807, 2.05) is 17.4 Å². The van der Waals surface area contributed by atoms with E-state index >= 15 is 0 Å². The summed E-state index contributed by atoms with van der Waals surface area (Å²) < 4.78 is 21.1. The summed E-state index contributed by atoms with van der Waals surface area (Å²) in [5, 5.41) is 0. The third kappa shape index (κ3) is 3.14. The van der Waals surface area contributed by atoms with Crippen molar-refractivity contribution in [2.24, 2.45) is 0 Å². The average Bonchev–Trinajstić information content (AvgIpc) is 3.44. The lowest BCUT2D eigenvalue weighted by Gasteiger charge is -2.22. The van der Waals surface area contributed by atoms with Gasteiger partial charge >= 0.3 is 0 Å². The summed E-state index contributed by atoms with van der Waals surface area (Å²) in [6.45, 7) is 3.63. The smallest absolute Gasteiger partial charge is 0.274 e. The summed E-state index contributed by atoms with van der Waals surface area (Å²) in [4.78, 5) is 39.4. The molecule has 9 heteroatoms. The molecule has 1 N–H and O–H groups in total. The Balaban J connectivity index is 1.48. The topological polar surface area (TPSA) is 92.6 Å². The van der Waals surface area contributed by atoms with E-state index in [2.05, 4.69) is 15.0 Å². The Morgan fingerprint density at radius 2 is 2.09 bits per heavy atom. The molecule has 8 nitrogen and oxygen atoms in total. The van der Waals surface area contributed by atoms with E-state index in [9.17, 15) is 14.0 Å². The van der Waals surface area contributed by atoms with E-state index in [4.69, 9.17) is 4.74 Å². The second-order valence-electron chi connectivity index (χ2n) is 8.73. The molecule has 1 amide bonds. The average molecular weight is 447 g/mol. The maximum Gasteiger partial charge on any atom is 0.274 e. The quantitative estimate of drug-likeness (QED) is 0.510. The highest BCUT2D eigenvalue weighted by Crippen LogP contribution is 2.30. The Morgan fingerprint density at radius 1 is 1.21 bits per heavy atom. The van der Waals surface area contributed by atoms with Crippen molar-refractivity contribution in [1.82, 2.24) is 19.4 Å². The van der Waals surface area contributed by atoms with Crippen LogP contribution in [-0.4, -0.2) is 45.0 Å². The van der Waals surface area contributed by atoms with Gasteiger partial charge in [0.05, 0.1) is 30.0 Å². The molecule has 1 fully saturated rings. The van der Waals surface area contributed by atoms with Gasteiger partial charge in [0.25, 0.3) is 11.5 Å². The van der Waals surface area contributed by atoms with Gasteiger partial charge in [-0.05, 0) is 55.5 Å². The number of pyridine rings is 1. The summed E-state index contributed by atoms with van der Waals surface area (Å²) in [6, 6.07) is 5.05. The van der Waals surface area contributed by atoms with Crippen molar-refractivity contribution in [1.29, 1.82) is 0 Å². The Morgan fingerprint density at radius 3 is 2.91 bits per heavy atom. The van der Waals surface area contributed by atoms with Crippen LogP contribution in [0, 0.1) is 12.7 Å². The summed E-state index contributed by atoms with van der Waals surface area (Å²) in [5.74, 6) is 0.768. The molecule has 33 heavy (non-hydrogen) atoms. The van der Waals surface area contributed by atoms with Crippen molar-refractivity contribution in [2.45, 2.75) is 32.1 Å². The van der Waals surface area contributed by atoms with Crippen LogP contribution in [0.15, 0.2) is 35.4 Å². The number of imidazole rings is 1. The van der Waals surface area contributed by atoms with Gasteiger partial charge in [-0.15, -0.1) is 0 Å². The number of H-pyrrole nitrogens is 1. The number of halogens is 1. The van der Waals surface area contributed by atoms with Gasteiger partial charge in [-0.3, -0.25) is 18.9 Å². The lowest BCUT2D eigenvalue weighted by Crippen LogP contribution is -2.30. The monoisotopic (exact) mass is 447 g/mol. The number of fused-ring (bicyclic) bond motifs is 4. The number of carbonyl (C=O) groups excluding carboxylic acids is 1. The maximum atomic E-state index is 13.5. The van der Waals surface area contributed by atoms with Gasteiger partial charge in [-0.25, -0.2) is 14.4 Å². The summed E-state index contributed by atoms with van der Waals surface area (Å²) >= 11 is 0. The number of anilines is 1. The standard InChI is InChI=1S/C24H22FN5O3/c1-13-7-19-18(9-17(13)24(32)29-5-4-14-8-16(25)10-26-21(14)29)28-23(31)20-11-27-22(30(19)20)15-3-2-6-33-12-15/h7-11,15H,2-6,12H2,1H3,(H,28,31). The highest BCUT2D eigenvalue weighted by molar-refractivity contribution is 6.09. The number of aryl methyl sites for hydroxylation is 1. The lowest BCUT2D eigenvalue weighted by molar-refractivity contribution is 0.0780. The molecule has 6 rings (SSSR count). The molecule has 2 aliphatic heterocycles. The van der Waals surface area contributed by atoms with Gasteiger partial charge < -0.3 is 9.72 Å². The molecule has 0 radical (unpaired) electrons. The van der Waals surface area contributed by atoms with E-state index in [1.165, 1.54) is 6.07 Å². The zero-order valence-electron chi connectivity index (χ0n) is 18.1. The van der Waals surface area contributed by atoms with Crippen LogP contribution in [0.3, 0.4) is 0 Å². The van der Waals surface area contributed by atoms with Crippen molar-refractivity contribution in [3.8, 4) is 0 Å². The first-order valence-corrected chi connectivity index (χ1v) is 11.1. The first kappa shape index (κ1) is 20.0. The number of ether oxygens (including phenoxy) is 1. The van der Waals surface area contributed by atoms with Gasteiger partial charge in [-0.2, -0.15) is 0 Å².